The van der Waals surface area contributed by atoms with Gasteiger partial charge in [0.05, 0.1) is 35.3 Å². The predicted molar refractivity (Wildman–Crippen MR) is 238 cm³/mol. The molecule has 0 bridgehead atoms. The van der Waals surface area contributed by atoms with Gasteiger partial charge in [0.2, 0.25) is 17.4 Å². The van der Waals surface area contributed by atoms with E-state index in [4.69, 9.17) is 18.5 Å². The standard InChI is InChI=1S/C46H51N3O12S2/c1-30-29-45(2,3)48(21-22-58-5)38-28-40-35(27-34(30)38)32(24-39(60-40)31-12-8-7-9-13-31)25-41-46(4,19-10-14-44(52)61-49-42(50)17-18-43(49)51)36-26-33(63(55,56)57)15-16-37(36)47(41)20-11-23-62(53,54)59-6/h7-9,12-13,15-18,24-29H,10-11,14,19-23H2,1-6H3,(H2-,50,51,55,56,57)/p+1. The average molecular weight is 903 g/mol. The van der Waals surface area contributed by atoms with E-state index in [0.29, 0.717) is 46.4 Å². The molecule has 0 radical (unpaired) electrons. The first-order valence-corrected chi connectivity index (χ1v) is 23.5. The molecule has 17 heteroatoms. The second-order valence-corrected chi connectivity index (χ2v) is 19.8. The van der Waals surface area contributed by atoms with Gasteiger partial charge < -0.3 is 29.4 Å². The minimum absolute atomic E-state index is 0.129. The van der Waals surface area contributed by atoms with Crippen LogP contribution in [0.4, 0.5) is 11.4 Å². The van der Waals surface area contributed by atoms with E-state index >= 15 is 0 Å². The zero-order valence-corrected chi connectivity index (χ0v) is 37.6. The van der Waals surface area contributed by atoms with Gasteiger partial charge in [0.25, 0.3) is 20.2 Å². The van der Waals surface area contributed by atoms with Crippen LogP contribution in [0.15, 0.2) is 95.9 Å². The lowest BCUT2D eigenvalue weighted by Gasteiger charge is -2.43. The summed E-state index contributed by atoms with van der Waals surface area (Å²) >= 11 is 0. The molecule has 0 saturated heterocycles. The van der Waals surface area contributed by atoms with Crippen molar-refractivity contribution >= 4 is 60.2 Å². The molecule has 0 saturated carbocycles. The number of hydrogen-bond acceptors (Lipinski definition) is 12. The summed E-state index contributed by atoms with van der Waals surface area (Å²) in [7, 11) is -5.73. The molecule has 3 aromatic carbocycles. The highest BCUT2D eigenvalue weighted by Crippen LogP contribution is 2.49. The topological polar surface area (TPSA) is 194 Å². The summed E-state index contributed by atoms with van der Waals surface area (Å²) in [5.41, 5.74) is 5.74. The maximum atomic E-state index is 13.1. The molecule has 3 N–H and O–H groups in total. The Labute approximate surface area is 367 Å². The molecule has 4 aromatic rings. The lowest BCUT2D eigenvalue weighted by Crippen LogP contribution is -2.46. The Morgan fingerprint density at radius 2 is 1.63 bits per heavy atom. The summed E-state index contributed by atoms with van der Waals surface area (Å²) in [4.78, 5) is 20.3. The number of allylic oxidation sites excluding steroid dienone is 4. The Morgan fingerprint density at radius 3 is 2.30 bits per heavy atom. The number of aromatic nitrogens is 1. The van der Waals surface area contributed by atoms with Gasteiger partial charge in [0.15, 0.2) is 5.71 Å². The SMILES string of the molecule is COCCN1c2cc3c(cc2C(C)=CC1(C)C)C(=CC1=[N+](CCCS(=O)(=O)OC)c2ccc(S(=O)(=O)O)cc2C1(C)CCCC(=O)On1c(O)ccc1O)C=C(c1ccccc1)O3. The van der Waals surface area contributed by atoms with E-state index in [1.807, 2.05) is 60.0 Å². The summed E-state index contributed by atoms with van der Waals surface area (Å²) in [6, 6.07) is 20.4. The molecule has 3 aliphatic rings. The molecule has 1 unspecified atom stereocenters. The lowest BCUT2D eigenvalue weighted by atomic mass is 9.74. The largest absolute Gasteiger partial charge is 0.492 e. The van der Waals surface area contributed by atoms with Gasteiger partial charge in [0, 0.05) is 84.8 Å². The summed E-state index contributed by atoms with van der Waals surface area (Å²) in [5, 5.41) is 20.1. The van der Waals surface area contributed by atoms with Crippen LogP contribution in [-0.2, 0) is 39.4 Å². The van der Waals surface area contributed by atoms with Crippen molar-refractivity contribution in [3.8, 4) is 17.5 Å². The Balaban J connectivity index is 1.42. The molecule has 1 atom stereocenters. The molecule has 15 nitrogen and oxygen atoms in total. The first kappa shape index (κ1) is 45.3. The number of hydrogen-bond donors (Lipinski definition) is 3. The minimum Gasteiger partial charge on any atom is -0.492 e. The Morgan fingerprint density at radius 1 is 0.921 bits per heavy atom. The van der Waals surface area contributed by atoms with Crippen LogP contribution in [0.5, 0.6) is 17.5 Å². The molecule has 4 heterocycles. The monoisotopic (exact) mass is 902 g/mol. The zero-order valence-electron chi connectivity index (χ0n) is 36.0. The van der Waals surface area contributed by atoms with Crippen molar-refractivity contribution in [2.45, 2.75) is 69.2 Å². The number of methoxy groups -OCH3 is 1. The van der Waals surface area contributed by atoms with Crippen LogP contribution in [0.2, 0.25) is 0 Å². The molecule has 0 fully saturated rings. The Bertz CT molecular complexity index is 2790. The smallest absolute Gasteiger partial charge is 0.333 e. The summed E-state index contributed by atoms with van der Waals surface area (Å²) in [6.45, 7) is 9.57. The third kappa shape index (κ3) is 9.20. The summed E-state index contributed by atoms with van der Waals surface area (Å²) in [5.74, 6) is -0.826. The van der Waals surface area contributed by atoms with Crippen molar-refractivity contribution in [2.75, 3.05) is 44.6 Å². The summed E-state index contributed by atoms with van der Waals surface area (Å²) < 4.78 is 80.2. The van der Waals surface area contributed by atoms with Crippen LogP contribution in [0.1, 0.15) is 75.6 Å². The van der Waals surface area contributed by atoms with Gasteiger partial charge in [-0.1, -0.05) is 36.4 Å². The van der Waals surface area contributed by atoms with Crippen molar-refractivity contribution in [1.82, 2.24) is 4.73 Å². The maximum absolute atomic E-state index is 13.1. The first-order valence-electron chi connectivity index (χ1n) is 20.4. The molecule has 63 heavy (non-hydrogen) atoms. The fourth-order valence-electron chi connectivity index (χ4n) is 8.75. The minimum atomic E-state index is -4.66. The Kier molecular flexibility index (Phi) is 12.5. The number of carbonyl (C=O) groups is 1. The molecular formula is C46H52N3O12S2+. The van der Waals surface area contributed by atoms with Gasteiger partial charge in [-0.15, -0.1) is 4.73 Å². The van der Waals surface area contributed by atoms with Crippen molar-refractivity contribution < 1.29 is 59.5 Å². The number of benzene rings is 3. The number of aromatic hydroxyl groups is 2. The lowest BCUT2D eigenvalue weighted by molar-refractivity contribution is -0.437. The van der Waals surface area contributed by atoms with Gasteiger partial charge in [-0.2, -0.15) is 21.4 Å². The third-order valence-electron chi connectivity index (χ3n) is 11.9. The normalized spacial score (nSPS) is 18.7. The van der Waals surface area contributed by atoms with E-state index in [2.05, 4.69) is 37.8 Å². The van der Waals surface area contributed by atoms with Crippen LogP contribution < -0.4 is 14.5 Å². The van der Waals surface area contributed by atoms with Gasteiger partial charge in [-0.3, -0.25) is 8.74 Å². The average Bonchev–Trinajstić information content (AvgIpc) is 3.66. The highest BCUT2D eigenvalue weighted by Gasteiger charge is 2.49. The van der Waals surface area contributed by atoms with Crippen LogP contribution >= 0.6 is 0 Å². The molecule has 7 rings (SSSR count). The van der Waals surface area contributed by atoms with E-state index in [0.717, 1.165) is 40.6 Å². The first-order chi connectivity index (χ1) is 29.8. The van der Waals surface area contributed by atoms with Crippen LogP contribution in [0.25, 0.3) is 16.9 Å². The van der Waals surface area contributed by atoms with Gasteiger partial charge >= 0.3 is 5.97 Å². The highest BCUT2D eigenvalue weighted by molar-refractivity contribution is 7.86. The number of anilines is 1. The van der Waals surface area contributed by atoms with Crippen molar-refractivity contribution in [3.05, 3.63) is 113 Å². The fourth-order valence-corrected chi connectivity index (χ4v) is 9.91. The van der Waals surface area contributed by atoms with E-state index in [1.54, 1.807) is 13.2 Å². The molecule has 0 amide bonds. The van der Waals surface area contributed by atoms with Crippen molar-refractivity contribution in [3.63, 3.8) is 0 Å². The molecule has 0 aliphatic carbocycles. The second kappa shape index (κ2) is 17.4. The molecule has 3 aliphatic heterocycles. The van der Waals surface area contributed by atoms with Gasteiger partial charge in [-0.05, 0) is 76.0 Å². The number of carbonyl (C=O) groups excluding carboxylic acids is 1. The van der Waals surface area contributed by atoms with E-state index in [9.17, 15) is 36.4 Å². The summed E-state index contributed by atoms with van der Waals surface area (Å²) in [6.07, 6.45) is 6.54. The maximum Gasteiger partial charge on any atom is 0.333 e. The quantitative estimate of drug-likeness (QED) is 0.0601. The van der Waals surface area contributed by atoms with E-state index in [-0.39, 0.29) is 48.4 Å². The molecular weight excluding hydrogens is 851 g/mol. The van der Waals surface area contributed by atoms with Crippen LogP contribution in [0, 0.1) is 0 Å². The second-order valence-electron chi connectivity index (χ2n) is 16.5. The Hall–Kier alpha value is -5.72. The number of fused-ring (bicyclic) bond motifs is 3. The predicted octanol–water partition coefficient (Wildman–Crippen LogP) is 6.86. The number of rotatable bonds is 16. The fraction of sp³-hybridized carbons (Fsp3) is 0.348. The zero-order chi connectivity index (χ0) is 45.5. The molecule has 334 valence electrons. The molecule has 0 spiro atoms. The van der Waals surface area contributed by atoms with E-state index < -0.39 is 43.4 Å². The third-order valence-corrected chi connectivity index (χ3v) is 14.0. The molecule has 1 aromatic heterocycles. The van der Waals surface area contributed by atoms with Crippen LogP contribution in [0.3, 0.4) is 0 Å². The number of ether oxygens (including phenoxy) is 2. The number of nitrogens with zero attached hydrogens (tertiary/aromatic N) is 3. The van der Waals surface area contributed by atoms with E-state index in [1.165, 1.54) is 24.3 Å². The van der Waals surface area contributed by atoms with Crippen molar-refractivity contribution in [2.24, 2.45) is 0 Å². The van der Waals surface area contributed by atoms with Gasteiger partial charge in [-0.25, -0.2) is 4.79 Å². The van der Waals surface area contributed by atoms with Crippen molar-refractivity contribution in [1.29, 1.82) is 0 Å². The van der Waals surface area contributed by atoms with Crippen LogP contribution in [-0.4, -0.2) is 97.8 Å². The highest BCUT2D eigenvalue weighted by atomic mass is 32.2. The van der Waals surface area contributed by atoms with Gasteiger partial charge in [0.1, 0.15) is 18.1 Å².